The minimum Gasteiger partial charge on any atom is -0.508 e. The van der Waals surface area contributed by atoms with Crippen LogP contribution in [-0.4, -0.2) is 23.8 Å². The monoisotopic (exact) mass is 179 g/mol. The maximum absolute atomic E-state index is 9.20. The summed E-state index contributed by atoms with van der Waals surface area (Å²) in [7, 11) is 0. The van der Waals surface area contributed by atoms with Crippen LogP contribution in [0.5, 0.6) is 11.5 Å². The molecular weight excluding hydrogens is 166 g/mol. The van der Waals surface area contributed by atoms with Gasteiger partial charge in [-0.25, -0.2) is 0 Å². The van der Waals surface area contributed by atoms with Crippen molar-refractivity contribution in [2.24, 2.45) is 0 Å². The Morgan fingerprint density at radius 3 is 2.77 bits per heavy atom. The van der Waals surface area contributed by atoms with Crippen LogP contribution in [0.2, 0.25) is 0 Å². The van der Waals surface area contributed by atoms with Crippen molar-refractivity contribution < 1.29 is 9.84 Å². The summed E-state index contributed by atoms with van der Waals surface area (Å²) < 4.78 is 5.70. The second-order valence-electron chi connectivity index (χ2n) is 3.65. The quantitative estimate of drug-likeness (QED) is 0.715. The molecule has 70 valence electrons. The van der Waals surface area contributed by atoms with Gasteiger partial charge in [0, 0.05) is 19.2 Å². The van der Waals surface area contributed by atoms with E-state index < -0.39 is 0 Å². The Morgan fingerprint density at radius 2 is 2.23 bits per heavy atom. The van der Waals surface area contributed by atoms with Crippen molar-refractivity contribution in [3.8, 4) is 11.5 Å². The summed E-state index contributed by atoms with van der Waals surface area (Å²) in [5.41, 5.74) is -0.103. The zero-order chi connectivity index (χ0) is 9.31. The molecule has 1 fully saturated rings. The van der Waals surface area contributed by atoms with Gasteiger partial charge in [-0.05, 0) is 19.1 Å². The number of phenolic OH excluding ortho intramolecular Hbond substituents is 1. The minimum atomic E-state index is -0.103. The van der Waals surface area contributed by atoms with Gasteiger partial charge in [0.15, 0.2) is 0 Å². The fraction of sp³-hybridized carbons (Fsp3) is 0.400. The van der Waals surface area contributed by atoms with Crippen LogP contribution in [0, 0.1) is 0 Å². The van der Waals surface area contributed by atoms with Crippen LogP contribution in [-0.2, 0) is 0 Å². The first-order valence-corrected chi connectivity index (χ1v) is 4.37. The lowest BCUT2D eigenvalue weighted by molar-refractivity contribution is 0.0347. The SMILES string of the molecule is CC1(Oc2cccc(O)c2)CNC1. The lowest BCUT2D eigenvalue weighted by Gasteiger charge is -2.39. The van der Waals surface area contributed by atoms with E-state index in [-0.39, 0.29) is 11.4 Å². The molecule has 0 spiro atoms. The molecule has 0 aliphatic carbocycles. The van der Waals surface area contributed by atoms with Crippen molar-refractivity contribution in [2.75, 3.05) is 13.1 Å². The van der Waals surface area contributed by atoms with Gasteiger partial charge >= 0.3 is 0 Å². The van der Waals surface area contributed by atoms with Gasteiger partial charge in [0.05, 0.1) is 0 Å². The predicted octanol–water partition coefficient (Wildman–Crippen LogP) is 1.13. The summed E-state index contributed by atoms with van der Waals surface area (Å²) in [6.45, 7) is 3.78. The number of phenols is 1. The third kappa shape index (κ3) is 1.75. The van der Waals surface area contributed by atoms with Gasteiger partial charge in [0.1, 0.15) is 17.1 Å². The van der Waals surface area contributed by atoms with Crippen LogP contribution in [0.15, 0.2) is 24.3 Å². The minimum absolute atomic E-state index is 0.103. The highest BCUT2D eigenvalue weighted by Crippen LogP contribution is 2.24. The summed E-state index contributed by atoms with van der Waals surface area (Å²) in [6.07, 6.45) is 0. The van der Waals surface area contributed by atoms with Crippen molar-refractivity contribution >= 4 is 0 Å². The molecule has 1 aliphatic rings. The molecule has 1 saturated heterocycles. The number of hydrogen-bond donors (Lipinski definition) is 2. The smallest absolute Gasteiger partial charge is 0.131 e. The van der Waals surface area contributed by atoms with E-state index in [0.717, 1.165) is 18.8 Å². The predicted molar refractivity (Wildman–Crippen MR) is 50.0 cm³/mol. The average Bonchev–Trinajstić information content (AvgIpc) is 2.01. The molecule has 1 aromatic carbocycles. The van der Waals surface area contributed by atoms with Crippen LogP contribution in [0.4, 0.5) is 0 Å². The molecule has 0 aromatic heterocycles. The third-order valence-corrected chi connectivity index (χ3v) is 2.18. The molecule has 0 amide bonds. The molecule has 0 saturated carbocycles. The van der Waals surface area contributed by atoms with E-state index in [2.05, 4.69) is 5.32 Å². The largest absolute Gasteiger partial charge is 0.508 e. The maximum Gasteiger partial charge on any atom is 0.131 e. The van der Waals surface area contributed by atoms with Gasteiger partial charge in [0.25, 0.3) is 0 Å². The first-order valence-electron chi connectivity index (χ1n) is 4.37. The van der Waals surface area contributed by atoms with Crippen LogP contribution >= 0.6 is 0 Å². The first kappa shape index (κ1) is 8.38. The molecule has 3 nitrogen and oxygen atoms in total. The van der Waals surface area contributed by atoms with Crippen LogP contribution in [0.3, 0.4) is 0 Å². The standard InChI is InChI=1S/C10H13NO2/c1-10(6-11-7-10)13-9-4-2-3-8(12)5-9/h2-5,11-12H,6-7H2,1H3. The summed E-state index contributed by atoms with van der Waals surface area (Å²) in [4.78, 5) is 0. The lowest BCUT2D eigenvalue weighted by Crippen LogP contribution is -2.60. The molecule has 0 bridgehead atoms. The molecule has 1 aromatic rings. The van der Waals surface area contributed by atoms with Crippen molar-refractivity contribution in [3.63, 3.8) is 0 Å². The number of nitrogens with one attached hydrogen (secondary N) is 1. The second-order valence-corrected chi connectivity index (χ2v) is 3.65. The molecule has 3 heteroatoms. The molecule has 1 aliphatic heterocycles. The number of rotatable bonds is 2. The van der Waals surface area contributed by atoms with E-state index >= 15 is 0 Å². The second kappa shape index (κ2) is 2.92. The maximum atomic E-state index is 9.20. The topological polar surface area (TPSA) is 41.5 Å². The summed E-state index contributed by atoms with van der Waals surface area (Å²) in [6, 6.07) is 6.89. The van der Waals surface area contributed by atoms with Crippen molar-refractivity contribution in [2.45, 2.75) is 12.5 Å². The van der Waals surface area contributed by atoms with Gasteiger partial charge in [-0.1, -0.05) is 6.07 Å². The molecule has 1 heterocycles. The van der Waals surface area contributed by atoms with Crippen LogP contribution in [0.25, 0.3) is 0 Å². The Hall–Kier alpha value is -1.22. The van der Waals surface area contributed by atoms with E-state index in [1.807, 2.05) is 13.0 Å². The highest BCUT2D eigenvalue weighted by atomic mass is 16.5. The molecule has 2 rings (SSSR count). The van der Waals surface area contributed by atoms with Gasteiger partial charge in [-0.2, -0.15) is 0 Å². The number of hydrogen-bond acceptors (Lipinski definition) is 3. The van der Waals surface area contributed by atoms with Crippen molar-refractivity contribution in [1.29, 1.82) is 0 Å². The molecule has 0 atom stereocenters. The van der Waals surface area contributed by atoms with Crippen molar-refractivity contribution in [1.82, 2.24) is 5.32 Å². The van der Waals surface area contributed by atoms with E-state index in [1.54, 1.807) is 18.2 Å². The van der Waals surface area contributed by atoms with Crippen LogP contribution < -0.4 is 10.1 Å². The molecule has 0 radical (unpaired) electrons. The van der Waals surface area contributed by atoms with E-state index in [1.165, 1.54) is 0 Å². The van der Waals surface area contributed by atoms with Crippen LogP contribution in [0.1, 0.15) is 6.92 Å². The van der Waals surface area contributed by atoms with E-state index in [0.29, 0.717) is 0 Å². The van der Waals surface area contributed by atoms with Gasteiger partial charge in [0.2, 0.25) is 0 Å². The summed E-state index contributed by atoms with van der Waals surface area (Å²) in [5.74, 6) is 0.970. The summed E-state index contributed by atoms with van der Waals surface area (Å²) in [5, 5.41) is 12.4. The fourth-order valence-electron chi connectivity index (χ4n) is 1.38. The number of aromatic hydroxyl groups is 1. The van der Waals surface area contributed by atoms with Crippen molar-refractivity contribution in [3.05, 3.63) is 24.3 Å². The van der Waals surface area contributed by atoms with Gasteiger partial charge < -0.3 is 15.2 Å². The number of ether oxygens (including phenoxy) is 1. The highest BCUT2D eigenvalue weighted by molar-refractivity contribution is 5.32. The summed E-state index contributed by atoms with van der Waals surface area (Å²) >= 11 is 0. The normalized spacial score (nSPS) is 19.2. The zero-order valence-corrected chi connectivity index (χ0v) is 7.58. The Bertz CT molecular complexity index is 308. The van der Waals surface area contributed by atoms with Gasteiger partial charge in [-0.15, -0.1) is 0 Å². The molecule has 0 unspecified atom stereocenters. The first-order chi connectivity index (χ1) is 6.18. The lowest BCUT2D eigenvalue weighted by atomic mass is 10.00. The molecular formula is C10H13NO2. The van der Waals surface area contributed by atoms with Gasteiger partial charge in [-0.3, -0.25) is 0 Å². The third-order valence-electron chi connectivity index (χ3n) is 2.18. The average molecular weight is 179 g/mol. The van der Waals surface area contributed by atoms with E-state index in [4.69, 9.17) is 4.74 Å². The molecule has 2 N–H and O–H groups in total. The number of benzene rings is 1. The Labute approximate surface area is 77.3 Å². The highest BCUT2D eigenvalue weighted by Gasteiger charge is 2.33. The van der Waals surface area contributed by atoms with E-state index in [9.17, 15) is 5.11 Å². The Morgan fingerprint density at radius 1 is 1.46 bits per heavy atom. The Balaban J connectivity index is 2.09. The molecule has 13 heavy (non-hydrogen) atoms. The zero-order valence-electron chi connectivity index (χ0n) is 7.58. The Kier molecular flexibility index (Phi) is 1.88. The fourth-order valence-corrected chi connectivity index (χ4v) is 1.38.